The highest BCUT2D eigenvalue weighted by Crippen LogP contribution is 2.37. The first-order valence-electron chi connectivity index (χ1n) is 7.44. The Balaban J connectivity index is 1.93. The molecular formula is C17H12F6O2S. The molecule has 2 nitrogen and oxygen atoms in total. The summed E-state index contributed by atoms with van der Waals surface area (Å²) >= 11 is 4.17. The molecule has 0 atom stereocenters. The summed E-state index contributed by atoms with van der Waals surface area (Å²) in [6.45, 7) is 0.596. The van der Waals surface area contributed by atoms with Gasteiger partial charge in [-0.05, 0) is 23.8 Å². The van der Waals surface area contributed by atoms with Crippen LogP contribution in [0.1, 0.15) is 17.4 Å². The Bertz CT molecular complexity index is 792. The van der Waals surface area contributed by atoms with Crippen LogP contribution in [0.4, 0.5) is 26.3 Å². The van der Waals surface area contributed by atoms with Gasteiger partial charge in [0, 0.05) is 16.4 Å². The molecule has 0 amide bonds. The van der Waals surface area contributed by atoms with Crippen molar-refractivity contribution in [3.8, 4) is 11.1 Å². The first kappa shape index (κ1) is 19.1. The van der Waals surface area contributed by atoms with Gasteiger partial charge in [-0.1, -0.05) is 12.1 Å². The SMILES string of the molecule is Fc1cc(C2OCC(S)CO2)ccc1-c1cc(F)c(C(F)(F)F)c(F)c1. The summed E-state index contributed by atoms with van der Waals surface area (Å²) in [6.07, 6.45) is -6.00. The van der Waals surface area contributed by atoms with Crippen molar-refractivity contribution in [1.29, 1.82) is 0 Å². The molecule has 26 heavy (non-hydrogen) atoms. The summed E-state index contributed by atoms with van der Waals surface area (Å²) in [7, 11) is 0. The molecule has 0 spiro atoms. The summed E-state index contributed by atoms with van der Waals surface area (Å²) in [6, 6.07) is 4.56. The van der Waals surface area contributed by atoms with E-state index in [9.17, 15) is 26.3 Å². The van der Waals surface area contributed by atoms with Crippen LogP contribution in [0.5, 0.6) is 0 Å². The predicted octanol–water partition coefficient (Wildman–Crippen LogP) is 5.13. The van der Waals surface area contributed by atoms with Crippen molar-refractivity contribution in [2.24, 2.45) is 0 Å². The van der Waals surface area contributed by atoms with Crippen molar-refractivity contribution in [1.82, 2.24) is 0 Å². The van der Waals surface area contributed by atoms with Gasteiger partial charge in [-0.3, -0.25) is 0 Å². The average Bonchev–Trinajstić information content (AvgIpc) is 2.53. The third-order valence-electron chi connectivity index (χ3n) is 3.78. The highest BCUT2D eigenvalue weighted by Gasteiger charge is 2.38. The zero-order valence-corrected chi connectivity index (χ0v) is 13.9. The second-order valence-electron chi connectivity index (χ2n) is 5.70. The number of halogens is 6. The molecule has 0 saturated carbocycles. The molecule has 140 valence electrons. The molecule has 0 radical (unpaired) electrons. The summed E-state index contributed by atoms with van der Waals surface area (Å²) in [4.78, 5) is 0. The molecule has 3 rings (SSSR count). The van der Waals surface area contributed by atoms with Crippen molar-refractivity contribution >= 4 is 12.6 Å². The fourth-order valence-electron chi connectivity index (χ4n) is 2.60. The predicted molar refractivity (Wildman–Crippen MR) is 84.2 cm³/mol. The van der Waals surface area contributed by atoms with Crippen molar-refractivity contribution in [3.63, 3.8) is 0 Å². The van der Waals surface area contributed by atoms with E-state index in [0.717, 1.165) is 6.07 Å². The normalized spacial score (nSPS) is 21.0. The maximum absolute atomic E-state index is 14.4. The van der Waals surface area contributed by atoms with Crippen LogP contribution in [-0.4, -0.2) is 18.5 Å². The largest absolute Gasteiger partial charge is 0.422 e. The smallest absolute Gasteiger partial charge is 0.347 e. The fourth-order valence-corrected chi connectivity index (χ4v) is 2.77. The van der Waals surface area contributed by atoms with Crippen LogP contribution < -0.4 is 0 Å². The van der Waals surface area contributed by atoms with E-state index >= 15 is 0 Å². The Morgan fingerprint density at radius 3 is 1.96 bits per heavy atom. The van der Waals surface area contributed by atoms with Gasteiger partial charge < -0.3 is 9.47 Å². The lowest BCUT2D eigenvalue weighted by Gasteiger charge is -2.27. The molecule has 9 heteroatoms. The van der Waals surface area contributed by atoms with Gasteiger partial charge in [0.2, 0.25) is 0 Å². The maximum atomic E-state index is 14.4. The molecule has 1 aliphatic heterocycles. The van der Waals surface area contributed by atoms with Crippen molar-refractivity contribution in [3.05, 3.63) is 58.9 Å². The highest BCUT2D eigenvalue weighted by molar-refractivity contribution is 7.81. The van der Waals surface area contributed by atoms with E-state index < -0.39 is 35.5 Å². The highest BCUT2D eigenvalue weighted by atomic mass is 32.1. The molecule has 0 aromatic heterocycles. The molecule has 0 unspecified atom stereocenters. The number of rotatable bonds is 2. The van der Waals surface area contributed by atoms with Crippen LogP contribution in [0, 0.1) is 17.5 Å². The molecule has 0 bridgehead atoms. The summed E-state index contributed by atoms with van der Waals surface area (Å²) in [5.41, 5.74) is -2.27. The minimum absolute atomic E-state index is 0.103. The number of hydrogen-bond donors (Lipinski definition) is 1. The van der Waals surface area contributed by atoms with Gasteiger partial charge in [0.25, 0.3) is 0 Å². The monoisotopic (exact) mass is 394 g/mol. The number of benzene rings is 2. The van der Waals surface area contributed by atoms with E-state index in [-0.39, 0.29) is 16.4 Å². The zero-order valence-electron chi connectivity index (χ0n) is 13.0. The van der Waals surface area contributed by atoms with Crippen LogP contribution in [0.2, 0.25) is 0 Å². The van der Waals surface area contributed by atoms with E-state index in [0.29, 0.717) is 30.9 Å². The molecule has 1 fully saturated rings. The third kappa shape index (κ3) is 3.84. The van der Waals surface area contributed by atoms with Gasteiger partial charge in [-0.2, -0.15) is 25.8 Å². The maximum Gasteiger partial charge on any atom is 0.422 e. The molecule has 1 aliphatic rings. The summed E-state index contributed by atoms with van der Waals surface area (Å²) in [5, 5.41) is -0.103. The Morgan fingerprint density at radius 2 is 1.46 bits per heavy atom. The van der Waals surface area contributed by atoms with Gasteiger partial charge in [-0.25, -0.2) is 13.2 Å². The molecule has 1 heterocycles. The van der Waals surface area contributed by atoms with Crippen LogP contribution >= 0.6 is 12.6 Å². The lowest BCUT2D eigenvalue weighted by molar-refractivity contribution is -0.179. The number of thiol groups is 1. The molecule has 0 N–H and O–H groups in total. The van der Waals surface area contributed by atoms with Gasteiger partial charge >= 0.3 is 6.18 Å². The number of alkyl halides is 3. The van der Waals surface area contributed by atoms with Crippen molar-refractivity contribution in [2.75, 3.05) is 13.2 Å². The van der Waals surface area contributed by atoms with Crippen LogP contribution in [0.3, 0.4) is 0 Å². The first-order chi connectivity index (χ1) is 12.2. The minimum Gasteiger partial charge on any atom is -0.347 e. The minimum atomic E-state index is -5.18. The van der Waals surface area contributed by atoms with Gasteiger partial charge in [0.1, 0.15) is 23.0 Å². The lowest BCUT2D eigenvalue weighted by atomic mass is 10.0. The van der Waals surface area contributed by atoms with Crippen molar-refractivity contribution < 1.29 is 35.8 Å². The van der Waals surface area contributed by atoms with E-state index in [1.54, 1.807) is 0 Å². The Kier molecular flexibility index (Phi) is 5.23. The Labute approximate surface area is 150 Å². The third-order valence-corrected chi connectivity index (χ3v) is 4.08. The molecule has 2 aromatic carbocycles. The van der Waals surface area contributed by atoms with Crippen LogP contribution in [-0.2, 0) is 15.7 Å². The molecular weight excluding hydrogens is 382 g/mol. The van der Waals surface area contributed by atoms with Gasteiger partial charge in [0.05, 0.1) is 13.2 Å². The van der Waals surface area contributed by atoms with Gasteiger partial charge in [-0.15, -0.1) is 0 Å². The summed E-state index contributed by atoms with van der Waals surface area (Å²) in [5.74, 6) is -4.49. The number of ether oxygens (including phenoxy) is 2. The quantitative estimate of drug-likeness (QED) is 0.562. The summed E-state index contributed by atoms with van der Waals surface area (Å²) < 4.78 is 90.4. The second kappa shape index (κ2) is 7.13. The molecule has 1 saturated heterocycles. The standard InChI is InChI=1S/C17H12F6O2S/c18-12-3-8(16-24-6-10(26)7-25-16)1-2-11(12)9-4-13(19)15(14(20)5-9)17(21,22)23/h1-5,10,16,26H,6-7H2. The zero-order chi connectivity index (χ0) is 19.1. The second-order valence-corrected chi connectivity index (χ2v) is 6.43. The van der Waals surface area contributed by atoms with E-state index in [4.69, 9.17) is 9.47 Å². The fraction of sp³-hybridized carbons (Fsp3) is 0.294. The van der Waals surface area contributed by atoms with Crippen LogP contribution in [0.15, 0.2) is 30.3 Å². The Hall–Kier alpha value is -1.71. The van der Waals surface area contributed by atoms with E-state index in [1.807, 2.05) is 0 Å². The van der Waals surface area contributed by atoms with Gasteiger partial charge in [0.15, 0.2) is 6.29 Å². The van der Waals surface area contributed by atoms with Crippen molar-refractivity contribution in [2.45, 2.75) is 17.7 Å². The molecule has 2 aromatic rings. The molecule has 0 aliphatic carbocycles. The first-order valence-corrected chi connectivity index (χ1v) is 7.96. The van der Waals surface area contributed by atoms with E-state index in [1.165, 1.54) is 12.1 Å². The number of hydrogen-bond acceptors (Lipinski definition) is 3. The van der Waals surface area contributed by atoms with E-state index in [2.05, 4.69) is 12.6 Å². The lowest BCUT2D eigenvalue weighted by Crippen LogP contribution is -2.27. The topological polar surface area (TPSA) is 18.5 Å². The average molecular weight is 394 g/mol. The Morgan fingerprint density at radius 1 is 0.885 bits per heavy atom. The van der Waals surface area contributed by atoms with Crippen LogP contribution in [0.25, 0.3) is 11.1 Å².